The standard InChI is InChI=1S/C24H31FN4O2.HI/c1-2-26-24(27-13-19-8-9-21(25)20(12-19)17-30)29-15-22-23(16-29)31-11-10-28(22)14-18-6-4-3-5-7-18;/h3-9,12,22-23,30H,2,10-11,13-17H2,1H3,(H,26,27);1H. The summed E-state index contributed by atoms with van der Waals surface area (Å²) in [5, 5.41) is 12.7. The fourth-order valence-electron chi connectivity index (χ4n) is 4.39. The van der Waals surface area contributed by atoms with Crippen molar-refractivity contribution in [2.45, 2.75) is 38.8 Å². The van der Waals surface area contributed by atoms with E-state index in [1.54, 1.807) is 12.1 Å². The third kappa shape index (κ3) is 5.98. The van der Waals surface area contributed by atoms with Crippen LogP contribution in [-0.4, -0.2) is 65.8 Å². The highest BCUT2D eigenvalue weighted by Crippen LogP contribution is 2.25. The van der Waals surface area contributed by atoms with E-state index in [9.17, 15) is 9.50 Å². The number of rotatable bonds is 6. The molecule has 2 unspecified atom stereocenters. The largest absolute Gasteiger partial charge is 0.392 e. The van der Waals surface area contributed by atoms with Crippen molar-refractivity contribution in [1.82, 2.24) is 15.1 Å². The molecule has 0 spiro atoms. The number of hydrogen-bond donors (Lipinski definition) is 2. The van der Waals surface area contributed by atoms with Gasteiger partial charge in [-0.25, -0.2) is 9.38 Å². The van der Waals surface area contributed by atoms with Crippen molar-refractivity contribution in [3.05, 3.63) is 71.0 Å². The number of aliphatic hydroxyl groups is 1. The maximum atomic E-state index is 13.7. The molecule has 2 fully saturated rings. The molecule has 8 heteroatoms. The van der Waals surface area contributed by atoms with E-state index in [1.165, 1.54) is 11.6 Å². The van der Waals surface area contributed by atoms with Crippen molar-refractivity contribution in [3.63, 3.8) is 0 Å². The Balaban J connectivity index is 0.00000289. The van der Waals surface area contributed by atoms with Crippen LogP contribution in [0.2, 0.25) is 0 Å². The maximum absolute atomic E-state index is 13.7. The average Bonchev–Trinajstić information content (AvgIpc) is 3.23. The number of ether oxygens (including phenoxy) is 1. The van der Waals surface area contributed by atoms with Crippen LogP contribution >= 0.6 is 24.0 Å². The molecular weight excluding hydrogens is 522 g/mol. The van der Waals surface area contributed by atoms with Crippen molar-refractivity contribution in [2.24, 2.45) is 4.99 Å². The van der Waals surface area contributed by atoms with Crippen molar-refractivity contribution in [2.75, 3.05) is 32.8 Å². The van der Waals surface area contributed by atoms with Gasteiger partial charge in [0.25, 0.3) is 0 Å². The molecule has 0 amide bonds. The predicted octanol–water partition coefficient (Wildman–Crippen LogP) is 2.99. The lowest BCUT2D eigenvalue weighted by molar-refractivity contribution is -0.0502. The Bertz CT molecular complexity index is 899. The zero-order chi connectivity index (χ0) is 21.6. The third-order valence-electron chi connectivity index (χ3n) is 5.97. The molecule has 2 aromatic carbocycles. The number of aliphatic imine (C=N–C) groups is 1. The first-order valence-corrected chi connectivity index (χ1v) is 11.0. The van der Waals surface area contributed by atoms with E-state index in [-0.39, 0.29) is 42.5 Å². The van der Waals surface area contributed by atoms with Crippen LogP contribution in [0.25, 0.3) is 0 Å². The second-order valence-electron chi connectivity index (χ2n) is 8.09. The summed E-state index contributed by atoms with van der Waals surface area (Å²) >= 11 is 0. The number of aliphatic hydroxyl groups excluding tert-OH is 1. The summed E-state index contributed by atoms with van der Waals surface area (Å²) in [7, 11) is 0. The minimum absolute atomic E-state index is 0. The van der Waals surface area contributed by atoms with Crippen molar-refractivity contribution < 1.29 is 14.2 Å². The van der Waals surface area contributed by atoms with Gasteiger partial charge in [0, 0.05) is 38.3 Å². The number of nitrogens with one attached hydrogen (secondary N) is 1. The van der Waals surface area contributed by atoms with E-state index in [1.807, 2.05) is 6.07 Å². The van der Waals surface area contributed by atoms with Crippen LogP contribution in [0.5, 0.6) is 0 Å². The molecule has 2 N–H and O–H groups in total. The first-order valence-electron chi connectivity index (χ1n) is 11.0. The molecular formula is C24H32FIN4O2. The van der Waals surface area contributed by atoms with Gasteiger partial charge in [-0.15, -0.1) is 24.0 Å². The van der Waals surface area contributed by atoms with Gasteiger partial charge in [-0.05, 0) is 30.2 Å². The Morgan fingerprint density at radius 1 is 1.19 bits per heavy atom. The molecule has 0 aliphatic carbocycles. The molecule has 0 radical (unpaired) electrons. The zero-order valence-corrected chi connectivity index (χ0v) is 20.7. The molecule has 0 bridgehead atoms. The number of guanidine groups is 1. The number of morpholine rings is 1. The zero-order valence-electron chi connectivity index (χ0n) is 18.4. The van der Waals surface area contributed by atoms with Crippen LogP contribution in [0.15, 0.2) is 53.5 Å². The first kappa shape index (κ1) is 24.9. The van der Waals surface area contributed by atoms with E-state index in [0.717, 1.165) is 50.9 Å². The molecule has 0 saturated carbocycles. The van der Waals surface area contributed by atoms with E-state index >= 15 is 0 Å². The lowest BCUT2D eigenvalue weighted by Crippen LogP contribution is -2.50. The highest BCUT2D eigenvalue weighted by molar-refractivity contribution is 14.0. The van der Waals surface area contributed by atoms with Gasteiger partial charge in [0.05, 0.1) is 31.9 Å². The average molecular weight is 554 g/mol. The molecule has 2 atom stereocenters. The smallest absolute Gasteiger partial charge is 0.194 e. The monoisotopic (exact) mass is 554 g/mol. The van der Waals surface area contributed by atoms with Crippen LogP contribution in [0.1, 0.15) is 23.6 Å². The van der Waals surface area contributed by atoms with Crippen LogP contribution in [0, 0.1) is 5.82 Å². The molecule has 32 heavy (non-hydrogen) atoms. The lowest BCUT2D eigenvalue weighted by Gasteiger charge is -2.36. The first-order chi connectivity index (χ1) is 15.2. The van der Waals surface area contributed by atoms with Gasteiger partial charge in [-0.3, -0.25) is 4.90 Å². The van der Waals surface area contributed by atoms with Crippen LogP contribution in [-0.2, 0) is 24.4 Å². The minimum atomic E-state index is -0.388. The minimum Gasteiger partial charge on any atom is -0.392 e. The highest BCUT2D eigenvalue weighted by atomic mass is 127. The van der Waals surface area contributed by atoms with E-state index in [0.29, 0.717) is 18.2 Å². The second kappa shape index (κ2) is 11.9. The van der Waals surface area contributed by atoms with Crippen molar-refractivity contribution in [1.29, 1.82) is 0 Å². The van der Waals surface area contributed by atoms with E-state index < -0.39 is 0 Å². The van der Waals surface area contributed by atoms with Crippen molar-refractivity contribution in [3.8, 4) is 0 Å². The second-order valence-corrected chi connectivity index (χ2v) is 8.09. The normalized spacial score (nSPS) is 21.2. The van der Waals surface area contributed by atoms with E-state index in [4.69, 9.17) is 9.73 Å². The molecule has 2 aromatic rings. The maximum Gasteiger partial charge on any atom is 0.194 e. The Kier molecular flexibility index (Phi) is 9.27. The Labute approximate surface area is 206 Å². The van der Waals surface area contributed by atoms with Crippen LogP contribution in [0.4, 0.5) is 4.39 Å². The lowest BCUT2D eigenvalue weighted by atomic mass is 10.1. The molecule has 2 aliphatic rings. The van der Waals surface area contributed by atoms with Gasteiger partial charge in [0.2, 0.25) is 0 Å². The number of likely N-dealkylation sites (tertiary alicyclic amines) is 1. The van der Waals surface area contributed by atoms with Gasteiger partial charge in [0.1, 0.15) is 5.82 Å². The predicted molar refractivity (Wildman–Crippen MR) is 135 cm³/mol. The summed E-state index contributed by atoms with van der Waals surface area (Å²) in [5.41, 5.74) is 2.49. The summed E-state index contributed by atoms with van der Waals surface area (Å²) < 4.78 is 19.8. The molecule has 2 saturated heterocycles. The number of nitrogens with zero attached hydrogens (tertiary/aromatic N) is 3. The Morgan fingerprint density at radius 3 is 2.75 bits per heavy atom. The van der Waals surface area contributed by atoms with Crippen LogP contribution < -0.4 is 5.32 Å². The van der Waals surface area contributed by atoms with Crippen LogP contribution in [0.3, 0.4) is 0 Å². The highest BCUT2D eigenvalue weighted by Gasteiger charge is 2.41. The molecule has 2 heterocycles. The van der Waals surface area contributed by atoms with Gasteiger partial charge in [-0.1, -0.05) is 36.4 Å². The van der Waals surface area contributed by atoms with Gasteiger partial charge in [-0.2, -0.15) is 0 Å². The topological polar surface area (TPSA) is 60.3 Å². The van der Waals surface area contributed by atoms with Crippen molar-refractivity contribution >= 4 is 29.9 Å². The van der Waals surface area contributed by atoms with Gasteiger partial charge < -0.3 is 20.1 Å². The fourth-order valence-corrected chi connectivity index (χ4v) is 4.39. The number of fused-ring (bicyclic) bond motifs is 1. The summed E-state index contributed by atoms with van der Waals surface area (Å²) in [4.78, 5) is 9.57. The van der Waals surface area contributed by atoms with Gasteiger partial charge >= 0.3 is 0 Å². The quantitative estimate of drug-likeness (QED) is 0.327. The molecule has 4 rings (SSSR count). The Hall–Kier alpha value is -1.75. The molecule has 2 aliphatic heterocycles. The van der Waals surface area contributed by atoms with Gasteiger partial charge in [0.15, 0.2) is 5.96 Å². The summed E-state index contributed by atoms with van der Waals surface area (Å²) in [6.07, 6.45) is 0.160. The number of hydrogen-bond acceptors (Lipinski definition) is 4. The molecule has 174 valence electrons. The summed E-state index contributed by atoms with van der Waals surface area (Å²) in [5.74, 6) is 0.455. The van der Waals surface area contributed by atoms with E-state index in [2.05, 4.69) is 46.3 Å². The third-order valence-corrected chi connectivity index (χ3v) is 5.97. The number of halogens is 2. The number of benzene rings is 2. The summed E-state index contributed by atoms with van der Waals surface area (Å²) in [6, 6.07) is 15.7. The molecule has 6 nitrogen and oxygen atoms in total. The Morgan fingerprint density at radius 2 is 2.00 bits per heavy atom. The fraction of sp³-hybridized carbons (Fsp3) is 0.458. The summed E-state index contributed by atoms with van der Waals surface area (Å²) in [6.45, 7) is 7.19. The SMILES string of the molecule is CCNC(=NCc1ccc(F)c(CO)c1)N1CC2OCCN(Cc3ccccc3)C2C1.I. The molecule has 0 aromatic heterocycles.